The van der Waals surface area contributed by atoms with Gasteiger partial charge in [0.2, 0.25) is 11.0 Å². The Bertz CT molecular complexity index is 1000. The lowest BCUT2D eigenvalue weighted by Gasteiger charge is -2.02. The minimum Gasteiger partial charge on any atom is -0.493 e. The molecule has 0 aliphatic carbocycles. The molecule has 0 aliphatic heterocycles. The molecule has 0 atom stereocenters. The number of hydrogen-bond acceptors (Lipinski definition) is 5. The zero-order valence-electron chi connectivity index (χ0n) is 12.4. The van der Waals surface area contributed by atoms with Gasteiger partial charge in [0, 0.05) is 27.7 Å². The molecule has 3 N–H and O–H groups in total. The molecule has 8 nitrogen and oxygen atoms in total. The van der Waals surface area contributed by atoms with Gasteiger partial charge in [-0.3, -0.25) is 10.1 Å². The number of hydrogen-bond donors (Lipinski definition) is 3. The number of nitrogens with one attached hydrogen (secondary N) is 2. The lowest BCUT2D eigenvalue weighted by Crippen LogP contribution is -2.04. The number of nitro groups is 1. The largest absolute Gasteiger partial charge is 0.493 e. The van der Waals surface area contributed by atoms with E-state index < -0.39 is 4.92 Å². The van der Waals surface area contributed by atoms with E-state index >= 15 is 0 Å². The van der Waals surface area contributed by atoms with Crippen LogP contribution in [-0.2, 0) is 0 Å². The first-order valence-electron chi connectivity index (χ1n) is 6.91. The molecule has 0 fully saturated rings. The van der Waals surface area contributed by atoms with Crippen LogP contribution in [0.25, 0.3) is 10.9 Å². The van der Waals surface area contributed by atoms with Crippen LogP contribution < -0.4 is 5.32 Å². The Morgan fingerprint density at radius 1 is 1.28 bits per heavy atom. The third-order valence-electron chi connectivity index (χ3n) is 3.28. The fourth-order valence-electron chi connectivity index (χ4n) is 2.14. The van der Waals surface area contributed by atoms with Gasteiger partial charge in [0.15, 0.2) is 5.69 Å². The van der Waals surface area contributed by atoms with Crippen molar-refractivity contribution in [3.05, 3.63) is 57.1 Å². The number of rotatable bonds is 3. The van der Waals surface area contributed by atoms with E-state index in [0.717, 1.165) is 10.2 Å². The van der Waals surface area contributed by atoms with Gasteiger partial charge < -0.3 is 15.4 Å². The quantitative estimate of drug-likeness (QED) is 0.238. The monoisotopic (exact) mass is 419 g/mol. The number of halogens is 1. The maximum atomic E-state index is 10.9. The number of nitrogens with zero attached hydrogens (tertiary/aromatic N) is 3. The fourth-order valence-corrected chi connectivity index (χ4v) is 2.57. The zero-order chi connectivity index (χ0) is 18.0. The van der Waals surface area contributed by atoms with E-state index in [-0.39, 0.29) is 22.4 Å². The molecule has 0 amide bonds. The van der Waals surface area contributed by atoms with Crippen molar-refractivity contribution < 1.29 is 10.0 Å². The van der Waals surface area contributed by atoms with Crippen LogP contribution >= 0.6 is 28.1 Å². The summed E-state index contributed by atoms with van der Waals surface area (Å²) in [6.07, 6.45) is 0. The molecule has 25 heavy (non-hydrogen) atoms. The Hall–Kier alpha value is -2.85. The maximum Gasteiger partial charge on any atom is 0.270 e. The first kappa shape index (κ1) is 17.0. The van der Waals surface area contributed by atoms with Crippen LogP contribution in [0.15, 0.2) is 57.2 Å². The molecule has 0 bridgehead atoms. The number of non-ortho nitro benzene ring substituents is 1. The molecule has 0 saturated heterocycles. The standard InChI is InChI=1S/C15H10BrN5O3S/c16-8-1-3-9(4-2-8)17-15(25)20-19-13-11-7-10(21(23)24)5-6-12(11)18-14(13)22/h1-7,18,22H,(H,17,25). The summed E-state index contributed by atoms with van der Waals surface area (Å²) < 4.78 is 0.927. The third kappa shape index (κ3) is 3.80. The second-order valence-electron chi connectivity index (χ2n) is 4.95. The molecule has 10 heteroatoms. The highest BCUT2D eigenvalue weighted by Gasteiger charge is 2.15. The van der Waals surface area contributed by atoms with Crippen molar-refractivity contribution in [2.24, 2.45) is 10.2 Å². The lowest BCUT2D eigenvalue weighted by atomic mass is 10.2. The Morgan fingerprint density at radius 2 is 2.00 bits per heavy atom. The molecule has 0 aliphatic rings. The van der Waals surface area contributed by atoms with Gasteiger partial charge in [-0.15, -0.1) is 10.2 Å². The topological polar surface area (TPSA) is 116 Å². The second kappa shape index (κ2) is 6.95. The minimum atomic E-state index is -0.524. The van der Waals surface area contributed by atoms with Crippen molar-refractivity contribution in [1.29, 1.82) is 0 Å². The summed E-state index contributed by atoms with van der Waals surface area (Å²) in [5.41, 5.74) is 1.20. The smallest absolute Gasteiger partial charge is 0.270 e. The Kier molecular flexibility index (Phi) is 4.72. The summed E-state index contributed by atoms with van der Waals surface area (Å²) >= 11 is 8.43. The molecule has 126 valence electrons. The van der Waals surface area contributed by atoms with Crippen LogP contribution in [0, 0.1) is 10.1 Å². The number of aromatic nitrogens is 1. The summed E-state index contributed by atoms with van der Waals surface area (Å²) in [6.45, 7) is 0. The Labute approximate surface area is 154 Å². The van der Waals surface area contributed by atoms with Gasteiger partial charge in [0.05, 0.1) is 10.4 Å². The Morgan fingerprint density at radius 3 is 2.68 bits per heavy atom. The number of azo groups is 1. The average molecular weight is 420 g/mol. The van der Waals surface area contributed by atoms with Crippen molar-refractivity contribution in [3.63, 3.8) is 0 Å². The highest BCUT2D eigenvalue weighted by molar-refractivity contribution is 9.10. The molecular formula is C15H10BrN5O3S. The van der Waals surface area contributed by atoms with Crippen molar-refractivity contribution in [2.75, 3.05) is 5.32 Å². The zero-order valence-corrected chi connectivity index (χ0v) is 14.8. The molecule has 3 aromatic rings. The van der Waals surface area contributed by atoms with Crippen LogP contribution in [0.1, 0.15) is 0 Å². The van der Waals surface area contributed by atoms with Gasteiger partial charge in [-0.25, -0.2) is 0 Å². The minimum absolute atomic E-state index is 0.0821. The number of nitro benzene ring substituents is 1. The van der Waals surface area contributed by atoms with Gasteiger partial charge in [-0.1, -0.05) is 15.9 Å². The van der Waals surface area contributed by atoms with Gasteiger partial charge in [0.25, 0.3) is 5.69 Å². The molecule has 0 unspecified atom stereocenters. The van der Waals surface area contributed by atoms with E-state index in [9.17, 15) is 15.2 Å². The van der Waals surface area contributed by atoms with Gasteiger partial charge in [-0.2, -0.15) is 0 Å². The predicted molar refractivity (Wildman–Crippen MR) is 101 cm³/mol. The van der Waals surface area contributed by atoms with E-state index in [1.165, 1.54) is 18.2 Å². The number of H-pyrrole nitrogens is 1. The number of benzene rings is 2. The third-order valence-corrected chi connectivity index (χ3v) is 4.00. The van der Waals surface area contributed by atoms with Crippen LogP contribution in [-0.4, -0.2) is 20.1 Å². The van der Waals surface area contributed by atoms with E-state index in [1.54, 1.807) is 12.1 Å². The maximum absolute atomic E-state index is 10.9. The Balaban J connectivity index is 1.86. The first-order chi connectivity index (χ1) is 11.9. The summed E-state index contributed by atoms with van der Waals surface area (Å²) in [4.78, 5) is 13.1. The number of fused-ring (bicyclic) bond motifs is 1. The van der Waals surface area contributed by atoms with Gasteiger partial charge in [0.1, 0.15) is 0 Å². The van der Waals surface area contributed by atoms with Gasteiger partial charge >= 0.3 is 0 Å². The molecule has 0 saturated carbocycles. The van der Waals surface area contributed by atoms with Crippen LogP contribution in [0.5, 0.6) is 5.88 Å². The van der Waals surface area contributed by atoms with E-state index in [0.29, 0.717) is 10.9 Å². The van der Waals surface area contributed by atoms with Crippen molar-refractivity contribution in [3.8, 4) is 5.88 Å². The summed E-state index contributed by atoms with van der Waals surface area (Å²) in [5.74, 6) is -0.245. The van der Waals surface area contributed by atoms with E-state index in [1.807, 2.05) is 12.1 Å². The molecule has 3 rings (SSSR count). The van der Waals surface area contributed by atoms with Crippen molar-refractivity contribution in [2.45, 2.75) is 0 Å². The number of aromatic amines is 1. The number of anilines is 1. The van der Waals surface area contributed by atoms with Gasteiger partial charge in [-0.05, 0) is 42.5 Å². The highest BCUT2D eigenvalue weighted by atomic mass is 79.9. The molecule has 0 radical (unpaired) electrons. The highest BCUT2D eigenvalue weighted by Crippen LogP contribution is 2.37. The van der Waals surface area contributed by atoms with E-state index in [2.05, 4.69) is 36.5 Å². The van der Waals surface area contributed by atoms with Crippen LogP contribution in [0.2, 0.25) is 0 Å². The normalized spacial score (nSPS) is 11.1. The van der Waals surface area contributed by atoms with Crippen molar-refractivity contribution in [1.82, 2.24) is 4.98 Å². The molecule has 1 heterocycles. The molecular weight excluding hydrogens is 410 g/mol. The number of aromatic hydroxyl groups is 1. The first-order valence-corrected chi connectivity index (χ1v) is 8.11. The van der Waals surface area contributed by atoms with Crippen molar-refractivity contribution >= 4 is 61.2 Å². The molecule has 1 aromatic heterocycles. The number of thiocarbonyl (C=S) groups is 1. The predicted octanol–water partition coefficient (Wildman–Crippen LogP) is 5.02. The molecule has 0 spiro atoms. The fraction of sp³-hybridized carbons (Fsp3) is 0. The molecule has 2 aromatic carbocycles. The van der Waals surface area contributed by atoms with Crippen LogP contribution in [0.4, 0.5) is 17.1 Å². The summed E-state index contributed by atoms with van der Waals surface area (Å²) in [5, 5.41) is 32.0. The SMILES string of the molecule is O=[N+]([O-])c1ccc2[nH]c(O)c(N=NC(=S)Nc3ccc(Br)cc3)c2c1. The summed E-state index contributed by atoms with van der Waals surface area (Å²) in [7, 11) is 0. The van der Waals surface area contributed by atoms with E-state index in [4.69, 9.17) is 12.2 Å². The average Bonchev–Trinajstić information content (AvgIpc) is 2.89. The lowest BCUT2D eigenvalue weighted by molar-refractivity contribution is -0.384. The second-order valence-corrected chi connectivity index (χ2v) is 6.25. The summed E-state index contributed by atoms with van der Waals surface area (Å²) in [6, 6.07) is 11.4. The van der Waals surface area contributed by atoms with Crippen LogP contribution in [0.3, 0.4) is 0 Å².